The van der Waals surface area contributed by atoms with Gasteiger partial charge in [0.1, 0.15) is 6.10 Å². The molecule has 2 heterocycles. The Morgan fingerprint density at radius 3 is 2.79 bits per heavy atom. The number of guanidine groups is 1. The number of aryl methyl sites for hydroxylation is 1. The first-order valence-electron chi connectivity index (χ1n) is 5.99. The SMILES string of the molecule is Cc1noc([C@@H]2CC[C@H](CN=C(N)N(C)C)O2)n1.I. The fourth-order valence-corrected chi connectivity index (χ4v) is 1.80. The third-order valence-corrected chi connectivity index (χ3v) is 2.84. The standard InChI is InChI=1S/C11H19N5O2.HI/c1-7-14-10(18-15-7)9-5-4-8(17-9)6-13-11(12)16(2)3;/h8-9H,4-6H2,1-3H3,(H2,12,13);1H/t8-,9+;/m1./s1. The Bertz CT molecular complexity index is 434. The van der Waals surface area contributed by atoms with Crippen LogP contribution in [0.5, 0.6) is 0 Å². The van der Waals surface area contributed by atoms with E-state index in [1.807, 2.05) is 14.1 Å². The molecule has 1 fully saturated rings. The number of nitrogens with two attached hydrogens (primary N) is 1. The molecule has 1 aromatic heterocycles. The number of halogens is 1. The second-order valence-corrected chi connectivity index (χ2v) is 4.60. The molecule has 7 nitrogen and oxygen atoms in total. The van der Waals surface area contributed by atoms with Gasteiger partial charge in [-0.3, -0.25) is 4.99 Å². The highest BCUT2D eigenvalue weighted by Crippen LogP contribution is 2.31. The van der Waals surface area contributed by atoms with Gasteiger partial charge in [-0.25, -0.2) is 0 Å². The molecule has 0 saturated carbocycles. The monoisotopic (exact) mass is 381 g/mol. The van der Waals surface area contributed by atoms with Crippen molar-refractivity contribution in [3.05, 3.63) is 11.7 Å². The number of ether oxygens (including phenoxy) is 1. The van der Waals surface area contributed by atoms with Crippen molar-refractivity contribution >= 4 is 29.9 Å². The van der Waals surface area contributed by atoms with Crippen LogP contribution in [0.15, 0.2) is 9.52 Å². The summed E-state index contributed by atoms with van der Waals surface area (Å²) in [4.78, 5) is 10.2. The minimum absolute atomic E-state index is 0. The zero-order valence-electron chi connectivity index (χ0n) is 11.4. The molecule has 0 aliphatic carbocycles. The van der Waals surface area contributed by atoms with Crippen molar-refractivity contribution in [1.82, 2.24) is 15.0 Å². The fourth-order valence-electron chi connectivity index (χ4n) is 1.80. The van der Waals surface area contributed by atoms with Crippen molar-refractivity contribution in [2.45, 2.75) is 32.0 Å². The third-order valence-electron chi connectivity index (χ3n) is 2.84. The van der Waals surface area contributed by atoms with Crippen LogP contribution in [-0.2, 0) is 4.74 Å². The Balaban J connectivity index is 0.00000180. The van der Waals surface area contributed by atoms with E-state index < -0.39 is 0 Å². The average molecular weight is 381 g/mol. The van der Waals surface area contributed by atoms with Crippen molar-refractivity contribution in [3.8, 4) is 0 Å². The number of hydrogen-bond donors (Lipinski definition) is 1. The number of nitrogens with zero attached hydrogens (tertiary/aromatic N) is 4. The maximum Gasteiger partial charge on any atom is 0.255 e. The molecule has 108 valence electrons. The van der Waals surface area contributed by atoms with E-state index in [0.29, 0.717) is 24.2 Å². The van der Waals surface area contributed by atoms with Gasteiger partial charge < -0.3 is 19.9 Å². The lowest BCUT2D eigenvalue weighted by Gasteiger charge is -2.13. The molecule has 2 atom stereocenters. The number of rotatable bonds is 3. The number of aliphatic imine (C=N–C) groups is 1. The molecule has 0 spiro atoms. The number of hydrogen-bond acceptors (Lipinski definition) is 5. The van der Waals surface area contributed by atoms with Crippen LogP contribution in [0.4, 0.5) is 0 Å². The highest BCUT2D eigenvalue weighted by atomic mass is 127. The van der Waals surface area contributed by atoms with Crippen LogP contribution in [0, 0.1) is 6.92 Å². The molecule has 2 rings (SSSR count). The van der Waals surface area contributed by atoms with Gasteiger partial charge in [0.2, 0.25) is 0 Å². The van der Waals surface area contributed by atoms with Crippen molar-refractivity contribution in [2.75, 3.05) is 20.6 Å². The summed E-state index contributed by atoms with van der Waals surface area (Å²) in [5, 5.41) is 3.76. The molecule has 0 unspecified atom stereocenters. The fraction of sp³-hybridized carbons (Fsp3) is 0.727. The van der Waals surface area contributed by atoms with Crippen molar-refractivity contribution in [2.24, 2.45) is 10.7 Å². The predicted octanol–water partition coefficient (Wildman–Crippen LogP) is 1.09. The minimum Gasteiger partial charge on any atom is -0.370 e. The van der Waals surface area contributed by atoms with E-state index in [4.69, 9.17) is 15.0 Å². The highest BCUT2D eigenvalue weighted by Gasteiger charge is 2.30. The molecular weight excluding hydrogens is 361 g/mol. The highest BCUT2D eigenvalue weighted by molar-refractivity contribution is 14.0. The summed E-state index contributed by atoms with van der Waals surface area (Å²) < 4.78 is 10.9. The average Bonchev–Trinajstić information content (AvgIpc) is 2.94. The van der Waals surface area contributed by atoms with Gasteiger partial charge in [0.05, 0.1) is 12.6 Å². The molecule has 19 heavy (non-hydrogen) atoms. The molecule has 0 bridgehead atoms. The normalized spacial score (nSPS) is 23.2. The van der Waals surface area contributed by atoms with Gasteiger partial charge in [-0.05, 0) is 19.8 Å². The van der Waals surface area contributed by atoms with Gasteiger partial charge in [-0.2, -0.15) is 4.98 Å². The van der Waals surface area contributed by atoms with E-state index in [2.05, 4.69) is 15.1 Å². The molecule has 2 N–H and O–H groups in total. The quantitative estimate of drug-likeness (QED) is 0.479. The Morgan fingerprint density at radius 2 is 2.21 bits per heavy atom. The first-order chi connectivity index (χ1) is 8.56. The van der Waals surface area contributed by atoms with Crippen LogP contribution < -0.4 is 5.73 Å². The van der Waals surface area contributed by atoms with E-state index in [1.165, 1.54) is 0 Å². The Labute approximate surface area is 129 Å². The van der Waals surface area contributed by atoms with E-state index in [9.17, 15) is 0 Å². The molecule has 0 amide bonds. The Kier molecular flexibility index (Phi) is 5.98. The Morgan fingerprint density at radius 1 is 1.47 bits per heavy atom. The van der Waals surface area contributed by atoms with Gasteiger partial charge in [-0.1, -0.05) is 5.16 Å². The summed E-state index contributed by atoms with van der Waals surface area (Å²) in [6.07, 6.45) is 1.77. The molecule has 0 radical (unpaired) electrons. The second kappa shape index (κ2) is 7.04. The van der Waals surface area contributed by atoms with Gasteiger partial charge in [0.25, 0.3) is 5.89 Å². The maximum atomic E-state index is 5.81. The molecule has 8 heteroatoms. The first-order valence-corrected chi connectivity index (χ1v) is 5.99. The van der Waals surface area contributed by atoms with E-state index in [-0.39, 0.29) is 36.2 Å². The topological polar surface area (TPSA) is 89.8 Å². The van der Waals surface area contributed by atoms with E-state index in [0.717, 1.165) is 12.8 Å². The molecule has 1 aliphatic rings. The smallest absolute Gasteiger partial charge is 0.255 e. The summed E-state index contributed by atoms with van der Waals surface area (Å²) in [6.45, 7) is 2.36. The second-order valence-electron chi connectivity index (χ2n) is 4.60. The number of aromatic nitrogens is 2. The first kappa shape index (κ1) is 16.2. The largest absolute Gasteiger partial charge is 0.370 e. The lowest BCUT2D eigenvalue weighted by molar-refractivity contribution is 0.0308. The van der Waals surface area contributed by atoms with Crippen molar-refractivity contribution < 1.29 is 9.26 Å². The summed E-state index contributed by atoms with van der Waals surface area (Å²) in [6, 6.07) is 0. The lowest BCUT2D eigenvalue weighted by Crippen LogP contribution is -2.31. The molecular formula is C11H20IN5O2. The molecule has 1 aliphatic heterocycles. The van der Waals surface area contributed by atoms with E-state index in [1.54, 1.807) is 11.8 Å². The van der Waals surface area contributed by atoms with Crippen LogP contribution >= 0.6 is 24.0 Å². The van der Waals surface area contributed by atoms with Crippen molar-refractivity contribution in [3.63, 3.8) is 0 Å². The summed E-state index contributed by atoms with van der Waals surface area (Å²) in [7, 11) is 3.72. The third kappa shape index (κ3) is 4.30. The molecule has 1 aromatic rings. The Hall–Kier alpha value is -0.900. The molecule has 0 aromatic carbocycles. The minimum atomic E-state index is -0.105. The van der Waals surface area contributed by atoms with Gasteiger partial charge >= 0.3 is 0 Å². The lowest BCUT2D eigenvalue weighted by atomic mass is 10.2. The summed E-state index contributed by atoms with van der Waals surface area (Å²) in [5.41, 5.74) is 5.72. The maximum absolute atomic E-state index is 5.81. The van der Waals surface area contributed by atoms with Gasteiger partial charge in [-0.15, -0.1) is 24.0 Å². The zero-order valence-corrected chi connectivity index (χ0v) is 13.7. The van der Waals surface area contributed by atoms with Crippen LogP contribution in [0.3, 0.4) is 0 Å². The van der Waals surface area contributed by atoms with Crippen LogP contribution in [-0.4, -0.2) is 47.7 Å². The van der Waals surface area contributed by atoms with Crippen LogP contribution in [0.1, 0.15) is 30.7 Å². The zero-order chi connectivity index (χ0) is 13.1. The van der Waals surface area contributed by atoms with Gasteiger partial charge in [0.15, 0.2) is 11.8 Å². The predicted molar refractivity (Wildman–Crippen MR) is 81.5 cm³/mol. The summed E-state index contributed by atoms with van der Waals surface area (Å²) >= 11 is 0. The van der Waals surface area contributed by atoms with E-state index >= 15 is 0 Å². The summed E-state index contributed by atoms with van der Waals surface area (Å²) in [5.74, 6) is 1.70. The van der Waals surface area contributed by atoms with Crippen LogP contribution in [0.25, 0.3) is 0 Å². The van der Waals surface area contributed by atoms with Crippen LogP contribution in [0.2, 0.25) is 0 Å². The van der Waals surface area contributed by atoms with Crippen molar-refractivity contribution in [1.29, 1.82) is 0 Å². The molecule has 1 saturated heterocycles. The van der Waals surface area contributed by atoms with Gasteiger partial charge in [0, 0.05) is 14.1 Å².